The molecule has 136 valence electrons. The second kappa shape index (κ2) is 8.51. The number of ether oxygens (including phenoxy) is 1. The van der Waals surface area contributed by atoms with Crippen molar-refractivity contribution >= 4 is 27.6 Å². The highest BCUT2D eigenvalue weighted by molar-refractivity contribution is 9.10. The molecule has 2 rings (SSSR count). The number of aromatic nitrogens is 2. The highest BCUT2D eigenvalue weighted by atomic mass is 79.9. The van der Waals surface area contributed by atoms with E-state index in [2.05, 4.69) is 25.9 Å². The van der Waals surface area contributed by atoms with Crippen molar-refractivity contribution in [3.63, 3.8) is 0 Å². The van der Waals surface area contributed by atoms with Gasteiger partial charge in [0.05, 0.1) is 6.61 Å². The molecule has 0 fully saturated rings. The summed E-state index contributed by atoms with van der Waals surface area (Å²) in [4.78, 5) is 9.68. The van der Waals surface area contributed by atoms with E-state index in [1.165, 1.54) is 0 Å². The fraction of sp³-hybridized carbons (Fsp3) is 0.412. The smallest absolute Gasteiger partial charge is 0.423 e. The molecule has 0 N–H and O–H groups in total. The van der Waals surface area contributed by atoms with E-state index in [1.54, 1.807) is 4.90 Å². The predicted molar refractivity (Wildman–Crippen MR) is 94.3 cm³/mol. The minimum atomic E-state index is -4.56. The Morgan fingerprint density at radius 2 is 2.00 bits per heavy atom. The van der Waals surface area contributed by atoms with Crippen molar-refractivity contribution in [2.45, 2.75) is 32.9 Å². The molecule has 0 spiro atoms. The van der Waals surface area contributed by atoms with E-state index in [-0.39, 0.29) is 12.6 Å². The maximum absolute atomic E-state index is 13.2. The molecule has 25 heavy (non-hydrogen) atoms. The van der Waals surface area contributed by atoms with Crippen LogP contribution < -0.4 is 9.64 Å². The second-order valence-corrected chi connectivity index (χ2v) is 6.23. The van der Waals surface area contributed by atoms with Crippen LogP contribution in [0.25, 0.3) is 0 Å². The van der Waals surface area contributed by atoms with Crippen LogP contribution in [0.3, 0.4) is 0 Å². The Morgan fingerprint density at radius 1 is 1.24 bits per heavy atom. The first-order valence-corrected chi connectivity index (χ1v) is 8.76. The van der Waals surface area contributed by atoms with Crippen molar-refractivity contribution in [2.24, 2.45) is 0 Å². The van der Waals surface area contributed by atoms with Crippen molar-refractivity contribution in [3.05, 3.63) is 40.5 Å². The average Bonchev–Trinajstić information content (AvgIpc) is 2.55. The molecule has 0 bridgehead atoms. The third-order valence-electron chi connectivity index (χ3n) is 3.46. The number of rotatable bonds is 7. The van der Waals surface area contributed by atoms with Crippen LogP contribution in [0.4, 0.5) is 24.8 Å². The van der Waals surface area contributed by atoms with Gasteiger partial charge < -0.3 is 9.64 Å². The molecule has 0 aliphatic rings. The summed E-state index contributed by atoms with van der Waals surface area (Å²) in [5.41, 5.74) is -0.186. The Bertz CT molecular complexity index is 710. The number of unbranched alkanes of at least 4 members (excludes halogenated alkanes) is 1. The molecule has 0 radical (unpaired) electrons. The quantitative estimate of drug-likeness (QED) is 0.549. The van der Waals surface area contributed by atoms with Crippen molar-refractivity contribution in [2.75, 3.05) is 18.1 Å². The molecule has 1 aromatic carbocycles. The zero-order chi connectivity index (χ0) is 18.4. The number of alkyl halides is 3. The van der Waals surface area contributed by atoms with Gasteiger partial charge in [-0.2, -0.15) is 18.2 Å². The first kappa shape index (κ1) is 19.5. The third kappa shape index (κ3) is 5.07. The Balaban J connectivity index is 2.41. The van der Waals surface area contributed by atoms with E-state index in [4.69, 9.17) is 4.74 Å². The molecule has 1 aromatic heterocycles. The largest absolute Gasteiger partial charge is 0.477 e. The first-order chi connectivity index (χ1) is 11.9. The van der Waals surface area contributed by atoms with Crippen LogP contribution >= 0.6 is 15.9 Å². The molecule has 0 atom stereocenters. The van der Waals surface area contributed by atoms with Crippen molar-refractivity contribution in [1.29, 1.82) is 0 Å². The van der Waals surface area contributed by atoms with Crippen molar-refractivity contribution in [3.8, 4) is 5.88 Å². The number of hydrogen-bond acceptors (Lipinski definition) is 4. The van der Waals surface area contributed by atoms with Gasteiger partial charge in [-0.05, 0) is 31.5 Å². The average molecular weight is 418 g/mol. The normalized spacial score (nSPS) is 11.4. The predicted octanol–water partition coefficient (Wildman–Crippen LogP) is 5.59. The molecule has 0 aliphatic heterocycles. The molecule has 2 aromatic rings. The fourth-order valence-corrected chi connectivity index (χ4v) is 2.58. The van der Waals surface area contributed by atoms with Crippen LogP contribution in [0.15, 0.2) is 34.9 Å². The van der Waals surface area contributed by atoms with Gasteiger partial charge in [0.1, 0.15) is 5.56 Å². The zero-order valence-corrected chi connectivity index (χ0v) is 15.6. The molecule has 8 heteroatoms. The summed E-state index contributed by atoms with van der Waals surface area (Å²) in [5, 5.41) is 0. The number of nitrogens with zero attached hydrogens (tertiary/aromatic N) is 3. The number of anilines is 2. The van der Waals surface area contributed by atoms with Crippen LogP contribution in [0.2, 0.25) is 0 Å². The van der Waals surface area contributed by atoms with Gasteiger partial charge in [0.2, 0.25) is 11.8 Å². The van der Waals surface area contributed by atoms with E-state index in [0.717, 1.165) is 22.8 Å². The minimum absolute atomic E-state index is 0.167. The number of benzene rings is 1. The Labute approximate surface area is 153 Å². The molecule has 0 amide bonds. The number of hydrogen-bond donors (Lipinski definition) is 0. The summed E-state index contributed by atoms with van der Waals surface area (Å²) >= 11 is 3.39. The van der Waals surface area contributed by atoms with Gasteiger partial charge in [-0.15, -0.1) is 0 Å². The Hall–Kier alpha value is -1.83. The highest BCUT2D eigenvalue weighted by Crippen LogP contribution is 2.36. The summed E-state index contributed by atoms with van der Waals surface area (Å²) in [6, 6.07) is 7.39. The molecule has 1 heterocycles. The van der Waals surface area contributed by atoms with E-state index >= 15 is 0 Å². The van der Waals surface area contributed by atoms with E-state index in [0.29, 0.717) is 13.0 Å². The summed E-state index contributed by atoms with van der Waals surface area (Å²) in [5.74, 6) is -0.264. The van der Waals surface area contributed by atoms with Crippen LogP contribution in [-0.4, -0.2) is 23.1 Å². The van der Waals surface area contributed by atoms with E-state index in [1.807, 2.05) is 38.1 Å². The maximum Gasteiger partial charge on any atom is 0.423 e. The maximum atomic E-state index is 13.2. The van der Waals surface area contributed by atoms with Gasteiger partial charge in [0, 0.05) is 22.9 Å². The lowest BCUT2D eigenvalue weighted by Gasteiger charge is -2.22. The van der Waals surface area contributed by atoms with E-state index in [9.17, 15) is 13.2 Å². The SMILES string of the molecule is CCCCOc1nc(N(CC)c2cccc(Br)c2)ncc1C(F)(F)F. The van der Waals surface area contributed by atoms with Gasteiger partial charge in [0.15, 0.2) is 0 Å². The lowest BCUT2D eigenvalue weighted by Crippen LogP contribution is -2.21. The monoisotopic (exact) mass is 417 g/mol. The highest BCUT2D eigenvalue weighted by Gasteiger charge is 2.36. The second-order valence-electron chi connectivity index (χ2n) is 5.31. The van der Waals surface area contributed by atoms with E-state index < -0.39 is 17.6 Å². The third-order valence-corrected chi connectivity index (χ3v) is 3.95. The topological polar surface area (TPSA) is 38.2 Å². The molecule has 0 saturated carbocycles. The van der Waals surface area contributed by atoms with Crippen LogP contribution in [0, 0.1) is 0 Å². The Morgan fingerprint density at radius 3 is 2.60 bits per heavy atom. The lowest BCUT2D eigenvalue weighted by atomic mass is 10.3. The summed E-state index contributed by atoms with van der Waals surface area (Å²) in [7, 11) is 0. The van der Waals surface area contributed by atoms with Crippen LogP contribution in [-0.2, 0) is 6.18 Å². The molecule has 0 saturated heterocycles. The van der Waals surface area contributed by atoms with Crippen molar-refractivity contribution in [1.82, 2.24) is 9.97 Å². The summed E-state index contributed by atoms with van der Waals surface area (Å²) in [6.45, 7) is 4.49. The van der Waals surface area contributed by atoms with Crippen molar-refractivity contribution < 1.29 is 17.9 Å². The number of halogens is 4. The lowest BCUT2D eigenvalue weighted by molar-refractivity contribution is -0.139. The summed E-state index contributed by atoms with van der Waals surface area (Å²) in [6.07, 6.45) is -2.31. The molecule has 4 nitrogen and oxygen atoms in total. The molecular weight excluding hydrogens is 399 g/mol. The van der Waals surface area contributed by atoms with Gasteiger partial charge in [0.25, 0.3) is 0 Å². The minimum Gasteiger partial charge on any atom is -0.477 e. The van der Waals surface area contributed by atoms with Crippen LogP contribution in [0.1, 0.15) is 32.3 Å². The molecular formula is C17H19BrF3N3O. The fourth-order valence-electron chi connectivity index (χ4n) is 2.19. The van der Waals surface area contributed by atoms with Crippen LogP contribution in [0.5, 0.6) is 5.88 Å². The first-order valence-electron chi connectivity index (χ1n) is 7.97. The van der Waals surface area contributed by atoms with Gasteiger partial charge >= 0.3 is 6.18 Å². The summed E-state index contributed by atoms with van der Waals surface area (Å²) < 4.78 is 45.7. The van der Waals surface area contributed by atoms with Gasteiger partial charge in [-0.3, -0.25) is 0 Å². The van der Waals surface area contributed by atoms with Gasteiger partial charge in [-0.1, -0.05) is 35.3 Å². The Kier molecular flexibility index (Phi) is 6.64. The zero-order valence-electron chi connectivity index (χ0n) is 14.0. The molecule has 0 aliphatic carbocycles. The van der Waals surface area contributed by atoms with Gasteiger partial charge in [-0.25, -0.2) is 4.98 Å². The molecule has 0 unspecified atom stereocenters. The standard InChI is InChI=1S/C17H19BrF3N3O/c1-3-5-9-25-15-14(17(19,20)21)11-22-16(23-15)24(4-2)13-8-6-7-12(18)10-13/h6-8,10-11H,3-5,9H2,1-2H3.